The quantitative estimate of drug-likeness (QED) is 0.340. The van der Waals surface area contributed by atoms with Gasteiger partial charge >= 0.3 is 0 Å². The van der Waals surface area contributed by atoms with Crippen LogP contribution in [0, 0.1) is 10.1 Å². The molecule has 29 heavy (non-hydrogen) atoms. The van der Waals surface area contributed by atoms with Crippen LogP contribution >= 0.6 is 23.4 Å². The molecule has 0 bridgehead atoms. The first-order valence-electron chi connectivity index (χ1n) is 8.65. The van der Waals surface area contributed by atoms with E-state index in [-0.39, 0.29) is 16.6 Å². The van der Waals surface area contributed by atoms with E-state index in [1.165, 1.54) is 30.0 Å². The molecule has 150 valence electrons. The molecule has 0 saturated heterocycles. The largest absolute Gasteiger partial charge is 0.324 e. The summed E-state index contributed by atoms with van der Waals surface area (Å²) in [6, 6.07) is 7.58. The van der Waals surface area contributed by atoms with Gasteiger partial charge in [0, 0.05) is 36.6 Å². The van der Waals surface area contributed by atoms with Crippen LogP contribution in [0.4, 0.5) is 11.4 Å². The van der Waals surface area contributed by atoms with Crippen molar-refractivity contribution in [2.75, 3.05) is 5.32 Å². The minimum Gasteiger partial charge on any atom is -0.324 e. The first-order valence-corrected chi connectivity index (χ1v) is 9.91. The van der Waals surface area contributed by atoms with Crippen LogP contribution in [0.25, 0.3) is 11.4 Å². The summed E-state index contributed by atoms with van der Waals surface area (Å²) in [5.74, 6) is 0.394. The molecule has 0 aliphatic heterocycles. The summed E-state index contributed by atoms with van der Waals surface area (Å²) in [4.78, 5) is 26.8. The van der Waals surface area contributed by atoms with E-state index in [2.05, 4.69) is 20.5 Å². The van der Waals surface area contributed by atoms with Crippen LogP contribution in [0.5, 0.6) is 0 Å². The van der Waals surface area contributed by atoms with Crippen molar-refractivity contribution in [3.8, 4) is 11.4 Å². The fourth-order valence-corrected chi connectivity index (χ4v) is 3.68. The highest BCUT2D eigenvalue weighted by atomic mass is 35.5. The number of benzene rings is 1. The van der Waals surface area contributed by atoms with Gasteiger partial charge in [-0.15, -0.1) is 10.2 Å². The Bertz CT molecular complexity index is 1040. The summed E-state index contributed by atoms with van der Waals surface area (Å²) < 4.78 is 1.92. The van der Waals surface area contributed by atoms with Crippen molar-refractivity contribution < 1.29 is 9.72 Å². The van der Waals surface area contributed by atoms with Crippen molar-refractivity contribution in [2.24, 2.45) is 0 Å². The molecular formula is C18H17ClN6O3S. The molecule has 2 heterocycles. The molecule has 1 aromatic carbocycles. The minimum atomic E-state index is -0.548. The van der Waals surface area contributed by atoms with E-state index in [1.807, 2.05) is 23.6 Å². The molecule has 2 aromatic heterocycles. The molecule has 3 rings (SSSR count). The van der Waals surface area contributed by atoms with Crippen LogP contribution in [0.15, 0.2) is 47.9 Å². The number of nitro groups is 1. The number of carbonyl (C=O) groups is 1. The molecule has 0 aliphatic carbocycles. The highest BCUT2D eigenvalue weighted by Gasteiger charge is 2.21. The highest BCUT2D eigenvalue weighted by Crippen LogP contribution is 2.29. The van der Waals surface area contributed by atoms with Gasteiger partial charge in [0.2, 0.25) is 5.91 Å². The number of carbonyl (C=O) groups excluding carboxylic acids is 1. The zero-order valence-corrected chi connectivity index (χ0v) is 17.1. The van der Waals surface area contributed by atoms with Crippen LogP contribution in [-0.2, 0) is 11.3 Å². The molecule has 0 radical (unpaired) electrons. The Hall–Kier alpha value is -2.98. The number of halogens is 1. The number of anilines is 1. The number of pyridine rings is 1. The maximum absolute atomic E-state index is 12.6. The summed E-state index contributed by atoms with van der Waals surface area (Å²) in [6.45, 7) is 4.34. The normalized spacial score (nSPS) is 11.8. The van der Waals surface area contributed by atoms with Gasteiger partial charge < -0.3 is 9.88 Å². The Morgan fingerprint density at radius 3 is 2.66 bits per heavy atom. The van der Waals surface area contributed by atoms with Gasteiger partial charge in [-0.1, -0.05) is 23.4 Å². The number of hydrogen-bond donors (Lipinski definition) is 1. The number of non-ortho nitro benzene ring substituents is 1. The third-order valence-electron chi connectivity index (χ3n) is 4.04. The van der Waals surface area contributed by atoms with E-state index in [0.29, 0.717) is 23.2 Å². The van der Waals surface area contributed by atoms with Crippen molar-refractivity contribution in [1.82, 2.24) is 19.7 Å². The maximum Gasteiger partial charge on any atom is 0.271 e. The molecular weight excluding hydrogens is 416 g/mol. The van der Waals surface area contributed by atoms with Gasteiger partial charge in [-0.05, 0) is 32.0 Å². The van der Waals surface area contributed by atoms with Gasteiger partial charge in [0.25, 0.3) is 5.69 Å². The lowest BCUT2D eigenvalue weighted by Crippen LogP contribution is -2.23. The van der Waals surface area contributed by atoms with E-state index in [1.54, 1.807) is 19.3 Å². The third kappa shape index (κ3) is 4.72. The summed E-state index contributed by atoms with van der Waals surface area (Å²) in [5, 5.41) is 22.2. The zero-order valence-electron chi connectivity index (χ0n) is 15.6. The Balaban J connectivity index is 1.73. The summed E-state index contributed by atoms with van der Waals surface area (Å²) in [5.41, 5.74) is 1.05. The van der Waals surface area contributed by atoms with Crippen molar-refractivity contribution in [3.05, 3.63) is 57.9 Å². The van der Waals surface area contributed by atoms with E-state index in [0.717, 1.165) is 5.56 Å². The molecule has 0 fully saturated rings. The number of amides is 1. The number of thioether (sulfide) groups is 1. The molecule has 9 nitrogen and oxygen atoms in total. The Labute approximate surface area is 175 Å². The predicted octanol–water partition coefficient (Wildman–Crippen LogP) is 4.04. The Kier molecular flexibility index (Phi) is 6.45. The Morgan fingerprint density at radius 2 is 2.03 bits per heavy atom. The lowest BCUT2D eigenvalue weighted by atomic mass is 10.2. The number of aromatic nitrogens is 4. The van der Waals surface area contributed by atoms with Gasteiger partial charge in [-0.25, -0.2) is 0 Å². The average Bonchev–Trinajstić information content (AvgIpc) is 3.12. The number of nitrogens with zero attached hydrogens (tertiary/aromatic N) is 5. The molecule has 1 N–H and O–H groups in total. The SMILES string of the molecule is CCn1c(SC(C)C(=O)Nc2ccc([N+](=O)[O-])cc2Cl)nnc1-c1ccncc1. The van der Waals surface area contributed by atoms with E-state index >= 15 is 0 Å². The first kappa shape index (κ1) is 20.7. The van der Waals surface area contributed by atoms with Crippen LogP contribution in [-0.4, -0.2) is 35.8 Å². The van der Waals surface area contributed by atoms with Gasteiger partial charge in [0.05, 0.1) is 20.9 Å². The van der Waals surface area contributed by atoms with Gasteiger partial charge in [0.1, 0.15) is 0 Å². The molecule has 11 heteroatoms. The van der Waals surface area contributed by atoms with E-state index in [4.69, 9.17) is 11.6 Å². The second-order valence-corrected chi connectivity index (χ2v) is 7.67. The lowest BCUT2D eigenvalue weighted by Gasteiger charge is -2.13. The first-order chi connectivity index (χ1) is 13.9. The molecule has 0 spiro atoms. The van der Waals surface area contributed by atoms with Gasteiger partial charge in [0.15, 0.2) is 11.0 Å². The topological polar surface area (TPSA) is 116 Å². The van der Waals surface area contributed by atoms with E-state index in [9.17, 15) is 14.9 Å². The standard InChI is InChI=1S/C18H17ClN6O3S/c1-3-24-16(12-6-8-20-9-7-12)22-23-18(24)29-11(2)17(26)21-15-5-4-13(25(27)28)10-14(15)19/h4-11H,3H2,1-2H3,(H,21,26). The van der Waals surface area contributed by atoms with Crippen molar-refractivity contribution in [2.45, 2.75) is 30.8 Å². The minimum absolute atomic E-state index is 0.0986. The Morgan fingerprint density at radius 1 is 1.31 bits per heavy atom. The zero-order chi connectivity index (χ0) is 21.0. The second kappa shape index (κ2) is 9.01. The highest BCUT2D eigenvalue weighted by molar-refractivity contribution is 8.00. The number of nitrogens with one attached hydrogen (secondary N) is 1. The summed E-state index contributed by atoms with van der Waals surface area (Å²) in [7, 11) is 0. The third-order valence-corrected chi connectivity index (χ3v) is 5.44. The molecule has 0 aliphatic rings. The maximum atomic E-state index is 12.6. The second-order valence-electron chi connectivity index (χ2n) is 5.96. The summed E-state index contributed by atoms with van der Waals surface area (Å²) >= 11 is 7.31. The van der Waals surface area contributed by atoms with Gasteiger partial charge in [-0.3, -0.25) is 19.9 Å². The monoisotopic (exact) mass is 432 g/mol. The fraction of sp³-hybridized carbons (Fsp3) is 0.222. The molecule has 1 atom stereocenters. The van der Waals surface area contributed by atoms with Crippen LogP contribution < -0.4 is 5.32 Å². The summed E-state index contributed by atoms with van der Waals surface area (Å²) in [6.07, 6.45) is 3.36. The van der Waals surface area contributed by atoms with Crippen LogP contribution in [0.1, 0.15) is 13.8 Å². The van der Waals surface area contributed by atoms with Crippen molar-refractivity contribution in [3.63, 3.8) is 0 Å². The lowest BCUT2D eigenvalue weighted by molar-refractivity contribution is -0.384. The average molecular weight is 433 g/mol. The fourth-order valence-electron chi connectivity index (χ4n) is 2.54. The molecule has 3 aromatic rings. The predicted molar refractivity (Wildman–Crippen MR) is 111 cm³/mol. The van der Waals surface area contributed by atoms with Crippen LogP contribution in [0.3, 0.4) is 0 Å². The van der Waals surface area contributed by atoms with Gasteiger partial charge in [-0.2, -0.15) is 0 Å². The number of hydrogen-bond acceptors (Lipinski definition) is 7. The van der Waals surface area contributed by atoms with E-state index < -0.39 is 10.2 Å². The number of rotatable bonds is 7. The molecule has 0 saturated carbocycles. The molecule has 1 unspecified atom stereocenters. The smallest absolute Gasteiger partial charge is 0.271 e. The van der Waals surface area contributed by atoms with Crippen molar-refractivity contribution in [1.29, 1.82) is 0 Å². The van der Waals surface area contributed by atoms with Crippen molar-refractivity contribution >= 4 is 40.6 Å². The van der Waals surface area contributed by atoms with Crippen LogP contribution in [0.2, 0.25) is 5.02 Å². The molecule has 1 amide bonds. The number of nitro benzene ring substituents is 1.